The predicted molar refractivity (Wildman–Crippen MR) is 221 cm³/mol. The van der Waals surface area contributed by atoms with E-state index in [0.29, 0.717) is 88.8 Å². The zero-order valence-corrected chi connectivity index (χ0v) is 34.3. The minimum Gasteiger partial charge on any atom is -0.495 e. The SMILES string of the molecule is COc1cc(OCC#N)c(Cl)cc1N.COc1cc(OCC(N)=O)c(Cl)cc1N.COc1cc(OCCO)c(Cl)cc1N.COc1cc(OCCO)c(N)cc1Cl. The number of rotatable bonds is 15. The maximum Gasteiger partial charge on any atom is 0.255 e. The molecule has 0 bridgehead atoms. The van der Waals surface area contributed by atoms with Gasteiger partial charge in [0.15, 0.2) is 13.2 Å². The number of hydrogen-bond donors (Lipinski definition) is 7. The number of carbonyl (C=O) groups is 1. The molecule has 4 rings (SSSR count). The van der Waals surface area contributed by atoms with E-state index >= 15 is 0 Å². The summed E-state index contributed by atoms with van der Waals surface area (Å²) < 4.78 is 40.4. The predicted octanol–water partition coefficient (Wildman–Crippen LogP) is 5.23. The number of anilines is 4. The second-order valence-corrected chi connectivity index (χ2v) is 12.1. The van der Waals surface area contributed by atoms with Gasteiger partial charge in [0.2, 0.25) is 0 Å². The van der Waals surface area contributed by atoms with Crippen LogP contribution in [0.5, 0.6) is 46.0 Å². The van der Waals surface area contributed by atoms with Crippen molar-refractivity contribution in [1.29, 1.82) is 5.26 Å². The van der Waals surface area contributed by atoms with Crippen LogP contribution in [0.1, 0.15) is 0 Å². The van der Waals surface area contributed by atoms with Gasteiger partial charge in [-0.05, 0) is 24.3 Å². The number of halogens is 4. The molecule has 0 fully saturated rings. The molecule has 0 aliphatic heterocycles. The summed E-state index contributed by atoms with van der Waals surface area (Å²) in [6.07, 6.45) is 0. The Morgan fingerprint density at radius 2 is 0.860 bits per heavy atom. The average molecular weight is 879 g/mol. The van der Waals surface area contributed by atoms with Gasteiger partial charge in [0.25, 0.3) is 5.91 Å². The monoisotopic (exact) mass is 876 g/mol. The first-order chi connectivity index (χ1) is 27.1. The Balaban J connectivity index is 0.000000380. The number of ether oxygens (including phenoxy) is 8. The van der Waals surface area contributed by atoms with Crippen LogP contribution in [0, 0.1) is 11.3 Å². The van der Waals surface area contributed by atoms with Crippen molar-refractivity contribution in [2.45, 2.75) is 0 Å². The van der Waals surface area contributed by atoms with E-state index in [1.165, 1.54) is 46.6 Å². The van der Waals surface area contributed by atoms with E-state index in [0.717, 1.165) is 0 Å². The molecule has 0 aliphatic rings. The average Bonchev–Trinajstić information content (AvgIpc) is 3.17. The molecule has 4 aromatic carbocycles. The van der Waals surface area contributed by atoms with Crippen molar-refractivity contribution < 1.29 is 52.9 Å². The minimum atomic E-state index is -0.582. The number of aliphatic hydroxyl groups is 2. The summed E-state index contributed by atoms with van der Waals surface area (Å²) >= 11 is 23.3. The van der Waals surface area contributed by atoms with Gasteiger partial charge in [-0.1, -0.05) is 46.4 Å². The highest BCUT2D eigenvalue weighted by Crippen LogP contribution is 2.37. The Morgan fingerprint density at radius 1 is 0.544 bits per heavy atom. The fourth-order valence-corrected chi connectivity index (χ4v) is 4.84. The molecule has 21 heteroatoms. The normalized spacial score (nSPS) is 9.70. The number of primary amides is 1. The van der Waals surface area contributed by atoms with Crippen LogP contribution in [0.15, 0.2) is 48.5 Å². The van der Waals surface area contributed by atoms with Gasteiger partial charge in [0.05, 0.1) is 84.5 Å². The molecule has 0 spiro atoms. The topological polar surface area (TPSA) is 285 Å². The number of nitrogen functional groups attached to an aromatic ring is 4. The van der Waals surface area contributed by atoms with E-state index in [2.05, 4.69) is 0 Å². The molecule has 12 N–H and O–H groups in total. The van der Waals surface area contributed by atoms with Crippen LogP contribution in [0.25, 0.3) is 0 Å². The summed E-state index contributed by atoms with van der Waals surface area (Å²) in [5.41, 5.74) is 29.1. The van der Waals surface area contributed by atoms with Crippen molar-refractivity contribution in [2.24, 2.45) is 5.73 Å². The van der Waals surface area contributed by atoms with Gasteiger partial charge in [-0.2, -0.15) is 5.26 Å². The Kier molecular flexibility index (Phi) is 22.9. The Hall–Kier alpha value is -5.48. The van der Waals surface area contributed by atoms with Gasteiger partial charge < -0.3 is 76.8 Å². The van der Waals surface area contributed by atoms with Crippen molar-refractivity contribution >= 4 is 75.1 Å². The van der Waals surface area contributed by atoms with Gasteiger partial charge >= 0.3 is 0 Å². The smallest absolute Gasteiger partial charge is 0.255 e. The van der Waals surface area contributed by atoms with Crippen LogP contribution in [-0.4, -0.2) is 84.2 Å². The first-order valence-electron chi connectivity index (χ1n) is 16.0. The number of nitriles is 1. The molecule has 4 aromatic rings. The third-order valence-corrected chi connectivity index (χ3v) is 7.68. The highest BCUT2D eigenvalue weighted by atomic mass is 35.5. The van der Waals surface area contributed by atoms with E-state index in [9.17, 15) is 4.79 Å². The lowest BCUT2D eigenvalue weighted by atomic mass is 10.3. The van der Waals surface area contributed by atoms with Crippen molar-refractivity contribution in [1.82, 2.24) is 0 Å². The number of nitrogens with two attached hydrogens (primary N) is 5. The summed E-state index contributed by atoms with van der Waals surface area (Å²) in [4.78, 5) is 10.5. The van der Waals surface area contributed by atoms with Crippen LogP contribution in [0.3, 0.4) is 0 Å². The Morgan fingerprint density at radius 3 is 1.21 bits per heavy atom. The zero-order valence-electron chi connectivity index (χ0n) is 31.3. The lowest BCUT2D eigenvalue weighted by molar-refractivity contribution is -0.119. The second-order valence-electron chi connectivity index (χ2n) is 10.4. The standard InChI is InChI=1S/C9H11ClN2O3.C9H9ClN2O2.2C9H12ClNO3/c1-14-8-3-7(15-4-9(12)13)5(10)2-6(8)11;1-13-9-5-8(14-3-2-11)6(10)4-7(9)12;1-13-9-5-8(14-3-2-12)6(10)4-7(9)11;1-13-8-5-9(14-3-2-12)7(11)4-6(8)10/h2-3H,4,11H2,1H3,(H2,12,13);4-5H,3,12H2,1H3;2*4-5,12H,2-3,11H2,1H3. The first-order valence-corrected chi connectivity index (χ1v) is 17.5. The van der Waals surface area contributed by atoms with Gasteiger partial charge in [-0.25, -0.2) is 0 Å². The van der Waals surface area contributed by atoms with E-state index in [1.807, 2.05) is 6.07 Å². The molecular formula is C36H44Cl4N6O11. The lowest BCUT2D eigenvalue weighted by Crippen LogP contribution is -2.20. The highest BCUT2D eigenvalue weighted by Gasteiger charge is 2.11. The Labute approximate surface area is 349 Å². The summed E-state index contributed by atoms with van der Waals surface area (Å²) in [6, 6.07) is 14.2. The quantitative estimate of drug-likeness (QED) is 0.0753. The minimum absolute atomic E-state index is 0.0627. The summed E-state index contributed by atoms with van der Waals surface area (Å²) in [6.45, 7) is -0.0607. The summed E-state index contributed by atoms with van der Waals surface area (Å²) in [5.74, 6) is 2.92. The molecule has 312 valence electrons. The maximum atomic E-state index is 10.5. The molecule has 0 radical (unpaired) electrons. The van der Waals surface area contributed by atoms with Crippen LogP contribution in [-0.2, 0) is 4.79 Å². The van der Waals surface area contributed by atoms with Crippen LogP contribution in [0.2, 0.25) is 20.1 Å². The van der Waals surface area contributed by atoms with Gasteiger partial charge in [-0.15, -0.1) is 0 Å². The van der Waals surface area contributed by atoms with Crippen molar-refractivity contribution in [3.05, 3.63) is 68.6 Å². The first kappa shape index (κ1) is 49.5. The molecule has 0 saturated carbocycles. The zero-order chi connectivity index (χ0) is 43.1. The molecule has 57 heavy (non-hydrogen) atoms. The van der Waals surface area contributed by atoms with Gasteiger partial charge in [0, 0.05) is 24.3 Å². The molecule has 0 unspecified atom stereocenters. The molecule has 17 nitrogen and oxygen atoms in total. The molecule has 1 amide bonds. The largest absolute Gasteiger partial charge is 0.495 e. The fourth-order valence-electron chi connectivity index (χ4n) is 3.91. The molecule has 0 aromatic heterocycles. The molecule has 0 saturated heterocycles. The summed E-state index contributed by atoms with van der Waals surface area (Å²) in [5, 5.41) is 27.0. The molecule has 0 atom stereocenters. The van der Waals surface area contributed by atoms with Gasteiger partial charge in [-0.3, -0.25) is 4.79 Å². The number of aliphatic hydroxyl groups excluding tert-OH is 2. The molecule has 0 aliphatic carbocycles. The van der Waals surface area contributed by atoms with E-state index < -0.39 is 5.91 Å². The number of methoxy groups -OCH3 is 4. The van der Waals surface area contributed by atoms with Crippen molar-refractivity contribution in [3.63, 3.8) is 0 Å². The van der Waals surface area contributed by atoms with Crippen LogP contribution < -0.4 is 66.6 Å². The number of benzene rings is 4. The number of carbonyl (C=O) groups excluding carboxylic acids is 1. The molecule has 0 heterocycles. The van der Waals surface area contributed by atoms with Gasteiger partial charge in [0.1, 0.15) is 65.3 Å². The van der Waals surface area contributed by atoms with Crippen molar-refractivity contribution in [2.75, 3.05) is 91.0 Å². The number of hydrogen-bond acceptors (Lipinski definition) is 16. The van der Waals surface area contributed by atoms with E-state index in [1.54, 1.807) is 30.3 Å². The number of nitrogens with zero attached hydrogens (tertiary/aromatic N) is 1. The van der Waals surface area contributed by atoms with Crippen LogP contribution >= 0.6 is 46.4 Å². The highest BCUT2D eigenvalue weighted by molar-refractivity contribution is 6.33. The fraction of sp³-hybridized carbons (Fsp3) is 0.278. The van der Waals surface area contributed by atoms with E-state index in [4.69, 9.17) is 128 Å². The molecular weight excluding hydrogens is 834 g/mol. The lowest BCUT2D eigenvalue weighted by Gasteiger charge is -2.10. The van der Waals surface area contributed by atoms with E-state index in [-0.39, 0.29) is 39.6 Å². The Bertz CT molecular complexity index is 1870. The van der Waals surface area contributed by atoms with Crippen molar-refractivity contribution in [3.8, 4) is 52.1 Å². The number of amides is 1. The third kappa shape index (κ3) is 17.0. The summed E-state index contributed by atoms with van der Waals surface area (Å²) in [7, 11) is 5.98. The third-order valence-electron chi connectivity index (χ3n) is 6.50. The maximum absolute atomic E-state index is 10.5. The van der Waals surface area contributed by atoms with Crippen LogP contribution in [0.4, 0.5) is 22.7 Å². The second kappa shape index (κ2) is 26.4.